The quantitative estimate of drug-likeness (QED) is 0.906. The molecule has 0 radical (unpaired) electrons. The van der Waals surface area contributed by atoms with Gasteiger partial charge in [0.1, 0.15) is 0 Å². The van der Waals surface area contributed by atoms with Crippen LogP contribution in [0.25, 0.3) is 0 Å². The van der Waals surface area contributed by atoms with Crippen molar-refractivity contribution in [2.45, 2.75) is 32.2 Å². The normalized spacial score (nSPS) is 20.0. The van der Waals surface area contributed by atoms with Crippen LogP contribution >= 0.6 is 0 Å². The first-order chi connectivity index (χ1) is 9.42. The number of rotatable bonds is 3. The monoisotopic (exact) mass is 262 g/mol. The number of nitrogens with zero attached hydrogens (tertiary/aromatic N) is 1. The molecule has 0 atom stereocenters. The van der Waals surface area contributed by atoms with Gasteiger partial charge < -0.3 is 9.47 Å². The average Bonchev–Trinajstić information content (AvgIpc) is 2.71. The molecule has 2 aliphatic rings. The van der Waals surface area contributed by atoms with E-state index in [4.69, 9.17) is 9.47 Å². The van der Waals surface area contributed by atoms with Crippen molar-refractivity contribution in [1.29, 1.82) is 0 Å². The largest absolute Gasteiger partial charge is 0.490 e. The van der Waals surface area contributed by atoms with Crippen molar-refractivity contribution in [3.63, 3.8) is 0 Å². The lowest BCUT2D eigenvalue weighted by atomic mass is 10.1. The van der Waals surface area contributed by atoms with Crippen LogP contribution in [-0.2, 0) is 6.54 Å². The Bertz CT molecular complexity index is 417. The standard InChI is InChI=1S/C15H22N2O2/c1-2-7-17(8-3-1)16-12-13-5-6-14-15(11-13)19-10-4-9-18-14/h5-6,11,16H,1-4,7-10,12H2. The second-order valence-corrected chi connectivity index (χ2v) is 5.21. The first-order valence-corrected chi connectivity index (χ1v) is 7.29. The van der Waals surface area contributed by atoms with Gasteiger partial charge in [-0.15, -0.1) is 0 Å². The molecule has 4 heteroatoms. The zero-order valence-electron chi connectivity index (χ0n) is 11.4. The highest BCUT2D eigenvalue weighted by Gasteiger charge is 2.12. The predicted molar refractivity (Wildman–Crippen MR) is 74.3 cm³/mol. The van der Waals surface area contributed by atoms with Crippen LogP contribution in [0.5, 0.6) is 11.5 Å². The van der Waals surface area contributed by atoms with E-state index in [9.17, 15) is 0 Å². The van der Waals surface area contributed by atoms with Gasteiger partial charge in [-0.25, -0.2) is 5.01 Å². The van der Waals surface area contributed by atoms with Gasteiger partial charge in [-0.05, 0) is 30.5 Å². The zero-order valence-corrected chi connectivity index (χ0v) is 11.4. The van der Waals surface area contributed by atoms with Crippen LogP contribution < -0.4 is 14.9 Å². The maximum absolute atomic E-state index is 5.71. The molecule has 0 aliphatic carbocycles. The summed E-state index contributed by atoms with van der Waals surface area (Å²) in [7, 11) is 0. The topological polar surface area (TPSA) is 33.7 Å². The third-order valence-corrected chi connectivity index (χ3v) is 3.67. The molecule has 2 heterocycles. The molecule has 0 unspecified atom stereocenters. The molecule has 1 saturated heterocycles. The molecule has 2 aliphatic heterocycles. The van der Waals surface area contributed by atoms with Gasteiger partial charge in [-0.1, -0.05) is 12.5 Å². The fourth-order valence-corrected chi connectivity index (χ4v) is 2.57. The van der Waals surface area contributed by atoms with Gasteiger partial charge >= 0.3 is 0 Å². The summed E-state index contributed by atoms with van der Waals surface area (Å²) in [6.45, 7) is 4.67. The van der Waals surface area contributed by atoms with Crippen LogP contribution in [0.1, 0.15) is 31.2 Å². The minimum Gasteiger partial charge on any atom is -0.490 e. The van der Waals surface area contributed by atoms with Crippen LogP contribution in [0.4, 0.5) is 0 Å². The number of ether oxygens (including phenoxy) is 2. The first kappa shape index (κ1) is 12.8. The molecule has 104 valence electrons. The molecule has 0 aromatic heterocycles. The van der Waals surface area contributed by atoms with E-state index in [1.54, 1.807) is 0 Å². The molecule has 0 bridgehead atoms. The SMILES string of the molecule is c1cc2c(cc1CNN1CCCCC1)OCCCO2. The van der Waals surface area contributed by atoms with Crippen LogP contribution in [0, 0.1) is 0 Å². The lowest BCUT2D eigenvalue weighted by molar-refractivity contribution is 0.151. The molecule has 0 spiro atoms. The van der Waals surface area contributed by atoms with Crippen molar-refractivity contribution in [3.05, 3.63) is 23.8 Å². The van der Waals surface area contributed by atoms with E-state index in [1.165, 1.54) is 24.8 Å². The zero-order chi connectivity index (χ0) is 12.9. The summed E-state index contributed by atoms with van der Waals surface area (Å²) in [5.74, 6) is 1.76. The number of hydrazine groups is 1. The molecule has 19 heavy (non-hydrogen) atoms. The van der Waals surface area contributed by atoms with Gasteiger partial charge in [0.2, 0.25) is 0 Å². The molecule has 4 nitrogen and oxygen atoms in total. The maximum atomic E-state index is 5.71. The van der Waals surface area contributed by atoms with Gasteiger partial charge in [0.25, 0.3) is 0 Å². The van der Waals surface area contributed by atoms with Crippen molar-refractivity contribution < 1.29 is 9.47 Å². The number of hydrogen-bond donors (Lipinski definition) is 1. The Morgan fingerprint density at radius 1 is 0.947 bits per heavy atom. The van der Waals surface area contributed by atoms with Crippen molar-refractivity contribution in [1.82, 2.24) is 10.4 Å². The van der Waals surface area contributed by atoms with E-state index in [2.05, 4.69) is 22.6 Å². The Morgan fingerprint density at radius 2 is 1.74 bits per heavy atom. The average molecular weight is 262 g/mol. The summed E-state index contributed by atoms with van der Waals surface area (Å²) in [5, 5.41) is 2.33. The van der Waals surface area contributed by atoms with E-state index in [1.807, 2.05) is 6.07 Å². The Hall–Kier alpha value is -1.26. The summed E-state index contributed by atoms with van der Waals surface area (Å²) in [4.78, 5) is 0. The van der Waals surface area contributed by atoms with Gasteiger partial charge in [0, 0.05) is 26.1 Å². The summed E-state index contributed by atoms with van der Waals surface area (Å²) in [5.41, 5.74) is 4.74. The van der Waals surface area contributed by atoms with E-state index in [-0.39, 0.29) is 0 Å². The van der Waals surface area contributed by atoms with E-state index >= 15 is 0 Å². The van der Waals surface area contributed by atoms with Crippen molar-refractivity contribution >= 4 is 0 Å². The summed E-state index contributed by atoms with van der Waals surface area (Å²) < 4.78 is 11.4. The fourth-order valence-electron chi connectivity index (χ4n) is 2.57. The summed E-state index contributed by atoms with van der Waals surface area (Å²) in [6, 6.07) is 6.23. The van der Waals surface area contributed by atoms with Crippen LogP contribution in [0.15, 0.2) is 18.2 Å². The predicted octanol–water partition coefficient (Wildman–Crippen LogP) is 2.34. The van der Waals surface area contributed by atoms with Gasteiger partial charge in [0.15, 0.2) is 11.5 Å². The number of nitrogens with one attached hydrogen (secondary N) is 1. The Balaban J connectivity index is 1.60. The van der Waals surface area contributed by atoms with Crippen molar-refractivity contribution in [2.24, 2.45) is 0 Å². The molecular formula is C15H22N2O2. The second-order valence-electron chi connectivity index (χ2n) is 5.21. The third-order valence-electron chi connectivity index (χ3n) is 3.67. The number of benzene rings is 1. The van der Waals surface area contributed by atoms with E-state index < -0.39 is 0 Å². The molecular weight excluding hydrogens is 240 g/mol. The molecule has 0 amide bonds. The number of fused-ring (bicyclic) bond motifs is 1. The smallest absolute Gasteiger partial charge is 0.161 e. The highest BCUT2D eigenvalue weighted by atomic mass is 16.5. The van der Waals surface area contributed by atoms with Crippen molar-refractivity contribution in [3.8, 4) is 11.5 Å². The third kappa shape index (κ3) is 3.39. The van der Waals surface area contributed by atoms with Crippen LogP contribution in [0.3, 0.4) is 0 Å². The van der Waals surface area contributed by atoms with E-state index in [0.29, 0.717) is 0 Å². The lowest BCUT2D eigenvalue weighted by Crippen LogP contribution is -2.41. The molecule has 1 fully saturated rings. The Kier molecular flexibility index (Phi) is 4.20. The molecule has 3 rings (SSSR count). The highest BCUT2D eigenvalue weighted by molar-refractivity contribution is 5.43. The Labute approximate surface area is 114 Å². The minimum atomic E-state index is 0.746. The molecule has 1 N–H and O–H groups in total. The van der Waals surface area contributed by atoms with Crippen LogP contribution in [-0.4, -0.2) is 31.3 Å². The minimum absolute atomic E-state index is 0.746. The lowest BCUT2D eigenvalue weighted by Gasteiger charge is -2.27. The summed E-state index contributed by atoms with van der Waals surface area (Å²) >= 11 is 0. The molecule has 0 saturated carbocycles. The summed E-state index contributed by atoms with van der Waals surface area (Å²) in [6.07, 6.45) is 4.92. The maximum Gasteiger partial charge on any atom is 0.161 e. The fraction of sp³-hybridized carbons (Fsp3) is 0.600. The number of piperidine rings is 1. The van der Waals surface area contributed by atoms with E-state index in [0.717, 1.165) is 50.8 Å². The van der Waals surface area contributed by atoms with Crippen LogP contribution in [0.2, 0.25) is 0 Å². The van der Waals surface area contributed by atoms with Gasteiger partial charge in [-0.2, -0.15) is 0 Å². The van der Waals surface area contributed by atoms with Crippen molar-refractivity contribution in [2.75, 3.05) is 26.3 Å². The Morgan fingerprint density at radius 3 is 2.58 bits per heavy atom. The first-order valence-electron chi connectivity index (χ1n) is 7.29. The molecule has 1 aromatic rings. The molecule has 1 aromatic carbocycles. The highest BCUT2D eigenvalue weighted by Crippen LogP contribution is 2.30. The number of hydrogen-bond acceptors (Lipinski definition) is 4. The van der Waals surface area contributed by atoms with Gasteiger partial charge in [-0.3, -0.25) is 5.43 Å². The second kappa shape index (κ2) is 6.26. The van der Waals surface area contributed by atoms with Gasteiger partial charge in [0.05, 0.1) is 13.2 Å².